The van der Waals surface area contributed by atoms with Crippen molar-refractivity contribution in [2.45, 2.75) is 25.1 Å². The fourth-order valence-electron chi connectivity index (χ4n) is 4.30. The maximum absolute atomic E-state index is 12.1. The molecule has 1 saturated carbocycles. The summed E-state index contributed by atoms with van der Waals surface area (Å²) in [5.74, 6) is -0.564. The number of carboxylic acid groups (broad SMARTS) is 1. The van der Waals surface area contributed by atoms with E-state index in [1.807, 2.05) is 30.3 Å². The monoisotopic (exact) mass is 313 g/mol. The molecule has 120 valence electrons. The first-order valence-corrected chi connectivity index (χ1v) is 8.05. The average Bonchev–Trinajstić information content (AvgIpc) is 3.22. The maximum Gasteiger partial charge on any atom is 0.321 e. The summed E-state index contributed by atoms with van der Waals surface area (Å²) in [6.45, 7) is 0. The number of hydrogen-bond donors (Lipinski definition) is 2. The molecule has 5 heteroatoms. The van der Waals surface area contributed by atoms with Crippen LogP contribution in [0.15, 0.2) is 42.5 Å². The summed E-state index contributed by atoms with van der Waals surface area (Å²) in [7, 11) is 0. The molecule has 4 rings (SSSR count). The molecule has 2 N–H and O–H groups in total. The predicted octanol–water partition coefficient (Wildman–Crippen LogP) is 1.59. The third kappa shape index (κ3) is 2.45. The number of allylic oxidation sites excluding steroid dienone is 2. The molecule has 0 spiro atoms. The molecule has 6 atom stereocenters. The zero-order valence-corrected chi connectivity index (χ0v) is 12.6. The number of carbonyl (C=O) groups is 2. The predicted molar refractivity (Wildman–Crippen MR) is 82.3 cm³/mol. The van der Waals surface area contributed by atoms with Crippen molar-refractivity contribution in [3.8, 4) is 0 Å². The second-order valence-corrected chi connectivity index (χ2v) is 6.66. The Morgan fingerprint density at radius 3 is 2.74 bits per heavy atom. The molecule has 3 aliphatic rings. The van der Waals surface area contributed by atoms with Crippen LogP contribution in [-0.2, 0) is 20.7 Å². The first-order valence-electron chi connectivity index (χ1n) is 8.05. The Hall–Kier alpha value is -2.14. The molecule has 1 aromatic rings. The summed E-state index contributed by atoms with van der Waals surface area (Å²) >= 11 is 0. The van der Waals surface area contributed by atoms with Crippen molar-refractivity contribution >= 4 is 11.9 Å². The number of rotatable bonds is 5. The van der Waals surface area contributed by atoms with Gasteiger partial charge in [0.15, 0.2) is 6.23 Å². The van der Waals surface area contributed by atoms with Crippen molar-refractivity contribution in [3.63, 3.8) is 0 Å². The van der Waals surface area contributed by atoms with Gasteiger partial charge in [-0.05, 0) is 30.2 Å². The molecule has 5 nitrogen and oxygen atoms in total. The van der Waals surface area contributed by atoms with Gasteiger partial charge in [0.2, 0.25) is 0 Å². The first-order chi connectivity index (χ1) is 11.1. The molecule has 2 fully saturated rings. The van der Waals surface area contributed by atoms with Crippen molar-refractivity contribution < 1.29 is 19.4 Å². The molecule has 2 aliphatic carbocycles. The fourth-order valence-corrected chi connectivity index (χ4v) is 4.30. The van der Waals surface area contributed by atoms with Crippen LogP contribution < -0.4 is 5.32 Å². The molecular formula is C18H19NO4. The first kappa shape index (κ1) is 14.5. The highest BCUT2D eigenvalue weighted by Crippen LogP contribution is 2.53. The number of benzene rings is 1. The van der Waals surface area contributed by atoms with Crippen LogP contribution in [0.4, 0.5) is 0 Å². The van der Waals surface area contributed by atoms with E-state index in [1.165, 1.54) is 0 Å². The van der Waals surface area contributed by atoms with E-state index >= 15 is 0 Å². The number of cyclic esters (lactones) is 1. The summed E-state index contributed by atoms with van der Waals surface area (Å²) in [6.07, 6.45) is 5.10. The van der Waals surface area contributed by atoms with Crippen molar-refractivity contribution in [2.75, 3.05) is 0 Å². The molecule has 1 heterocycles. The van der Waals surface area contributed by atoms with Crippen molar-refractivity contribution in [3.05, 3.63) is 48.0 Å². The minimum atomic E-state index is -0.924. The van der Waals surface area contributed by atoms with Gasteiger partial charge in [0.1, 0.15) is 6.04 Å². The van der Waals surface area contributed by atoms with E-state index in [-0.39, 0.29) is 23.7 Å². The van der Waals surface area contributed by atoms with E-state index in [9.17, 15) is 14.7 Å². The number of esters is 1. The molecule has 2 bridgehead atoms. The molecule has 1 aliphatic heterocycles. The summed E-state index contributed by atoms with van der Waals surface area (Å²) in [5, 5.41) is 12.6. The third-order valence-electron chi connectivity index (χ3n) is 5.33. The van der Waals surface area contributed by atoms with Crippen molar-refractivity contribution in [1.29, 1.82) is 0 Å². The maximum atomic E-state index is 12.1. The number of carboxylic acids is 1. The van der Waals surface area contributed by atoms with Gasteiger partial charge in [0, 0.05) is 5.92 Å². The second-order valence-electron chi connectivity index (χ2n) is 6.66. The van der Waals surface area contributed by atoms with Gasteiger partial charge in [0.05, 0.1) is 5.92 Å². The van der Waals surface area contributed by atoms with Crippen LogP contribution in [0.2, 0.25) is 0 Å². The van der Waals surface area contributed by atoms with Gasteiger partial charge in [-0.3, -0.25) is 14.9 Å². The SMILES string of the molecule is O=C1OC(N[C@H](Cc2ccccc2)C(=O)O)C2C3C=CC(C3)C12. The second kappa shape index (κ2) is 5.49. The lowest BCUT2D eigenvalue weighted by Crippen LogP contribution is -2.48. The molecule has 1 saturated heterocycles. The van der Waals surface area contributed by atoms with Gasteiger partial charge in [-0.25, -0.2) is 0 Å². The van der Waals surface area contributed by atoms with Gasteiger partial charge in [0.25, 0.3) is 0 Å². The Labute approximate surface area is 134 Å². The Morgan fingerprint density at radius 2 is 2.00 bits per heavy atom. The van der Waals surface area contributed by atoms with Crippen LogP contribution in [0, 0.1) is 23.7 Å². The van der Waals surface area contributed by atoms with Crippen molar-refractivity contribution in [2.24, 2.45) is 23.7 Å². The summed E-state index contributed by atoms with van der Waals surface area (Å²) in [5.41, 5.74) is 0.945. The summed E-state index contributed by atoms with van der Waals surface area (Å²) < 4.78 is 5.47. The third-order valence-corrected chi connectivity index (χ3v) is 5.33. The van der Waals surface area contributed by atoms with Crippen molar-refractivity contribution in [1.82, 2.24) is 5.32 Å². The number of fused-ring (bicyclic) bond motifs is 5. The number of aliphatic carboxylic acids is 1. The van der Waals surface area contributed by atoms with E-state index < -0.39 is 18.2 Å². The van der Waals surface area contributed by atoms with Crippen LogP contribution in [0.25, 0.3) is 0 Å². The number of ether oxygens (including phenoxy) is 1. The molecule has 23 heavy (non-hydrogen) atoms. The van der Waals surface area contributed by atoms with E-state index in [0.29, 0.717) is 12.3 Å². The number of hydrogen-bond acceptors (Lipinski definition) is 4. The van der Waals surface area contributed by atoms with E-state index in [4.69, 9.17) is 4.74 Å². The highest BCUT2D eigenvalue weighted by molar-refractivity contribution is 5.78. The molecule has 0 amide bonds. The Morgan fingerprint density at radius 1 is 1.26 bits per heavy atom. The molecule has 5 unspecified atom stereocenters. The Balaban J connectivity index is 1.50. The zero-order valence-electron chi connectivity index (χ0n) is 12.6. The van der Waals surface area contributed by atoms with Crippen LogP contribution in [-0.4, -0.2) is 29.3 Å². The van der Waals surface area contributed by atoms with Crippen LogP contribution >= 0.6 is 0 Å². The smallest absolute Gasteiger partial charge is 0.321 e. The van der Waals surface area contributed by atoms with Gasteiger partial charge < -0.3 is 9.84 Å². The van der Waals surface area contributed by atoms with Crippen LogP contribution in [0.1, 0.15) is 12.0 Å². The highest BCUT2D eigenvalue weighted by atomic mass is 16.6. The highest BCUT2D eigenvalue weighted by Gasteiger charge is 2.58. The lowest BCUT2D eigenvalue weighted by Gasteiger charge is -2.26. The molecule has 1 aromatic carbocycles. The van der Waals surface area contributed by atoms with Gasteiger partial charge in [-0.2, -0.15) is 0 Å². The molecular weight excluding hydrogens is 294 g/mol. The fraction of sp³-hybridized carbons (Fsp3) is 0.444. The van der Waals surface area contributed by atoms with Gasteiger partial charge in [-0.15, -0.1) is 0 Å². The Kier molecular flexibility index (Phi) is 3.45. The molecule has 0 radical (unpaired) electrons. The van der Waals surface area contributed by atoms with E-state index in [2.05, 4.69) is 17.5 Å². The Bertz CT molecular complexity index is 656. The minimum Gasteiger partial charge on any atom is -0.480 e. The van der Waals surface area contributed by atoms with Gasteiger partial charge in [-0.1, -0.05) is 42.5 Å². The lowest BCUT2D eigenvalue weighted by molar-refractivity contribution is -0.149. The molecule has 0 aromatic heterocycles. The lowest BCUT2D eigenvalue weighted by atomic mass is 9.84. The topological polar surface area (TPSA) is 75.6 Å². The minimum absolute atomic E-state index is 0.0649. The number of carbonyl (C=O) groups excluding carboxylic acids is 1. The van der Waals surface area contributed by atoms with Crippen LogP contribution in [0.5, 0.6) is 0 Å². The number of nitrogens with one attached hydrogen (secondary N) is 1. The standard InChI is InChI=1S/C18H19NO4/c20-17(21)13(8-10-4-2-1-3-5-10)19-16-14-11-6-7-12(9-11)15(14)18(22)23-16/h1-7,11-16,19H,8-9H2,(H,20,21)/t11?,12?,13-,14?,15?,16?/m1/s1. The zero-order chi connectivity index (χ0) is 16.0. The summed E-state index contributed by atoms with van der Waals surface area (Å²) in [6, 6.07) is 8.72. The van der Waals surface area contributed by atoms with Crippen LogP contribution in [0.3, 0.4) is 0 Å². The van der Waals surface area contributed by atoms with E-state index in [0.717, 1.165) is 12.0 Å². The summed E-state index contributed by atoms with van der Waals surface area (Å²) in [4.78, 5) is 23.7. The van der Waals surface area contributed by atoms with Gasteiger partial charge >= 0.3 is 11.9 Å². The largest absolute Gasteiger partial charge is 0.480 e. The quantitative estimate of drug-likeness (QED) is 0.638. The average molecular weight is 313 g/mol. The normalized spacial score (nSPS) is 35.1. The van der Waals surface area contributed by atoms with E-state index in [1.54, 1.807) is 0 Å².